The van der Waals surface area contributed by atoms with Crippen LogP contribution in [0.4, 0.5) is 0 Å². The maximum absolute atomic E-state index is 10.4. The molecule has 0 spiro atoms. The van der Waals surface area contributed by atoms with Gasteiger partial charge in [0, 0.05) is 13.5 Å². The van der Waals surface area contributed by atoms with Gasteiger partial charge in [-0.15, -0.1) is 0 Å². The lowest BCUT2D eigenvalue weighted by molar-refractivity contribution is -0.136. The number of ether oxygens (including phenoxy) is 1. The average molecular weight is 341 g/mol. The van der Waals surface area contributed by atoms with E-state index in [1.165, 1.54) is 70.6 Å². The van der Waals surface area contributed by atoms with Gasteiger partial charge in [-0.2, -0.15) is 0 Å². The zero-order chi connectivity index (χ0) is 17.9. The third kappa shape index (κ3) is 17.5. The van der Waals surface area contributed by atoms with Crippen LogP contribution in [0.1, 0.15) is 103 Å². The summed E-state index contributed by atoms with van der Waals surface area (Å²) in [6.07, 6.45) is 22.2. The molecule has 0 rings (SSSR count). The Morgan fingerprint density at radius 2 is 1.46 bits per heavy atom. The van der Waals surface area contributed by atoms with Crippen LogP contribution in [0.2, 0.25) is 0 Å². The maximum Gasteiger partial charge on any atom is 0.303 e. The minimum absolute atomic E-state index is 0.215. The van der Waals surface area contributed by atoms with Crippen LogP contribution in [0, 0.1) is 0 Å². The molecule has 0 aliphatic heterocycles. The second kappa shape index (κ2) is 18.5. The van der Waals surface area contributed by atoms with Crippen molar-refractivity contribution in [2.24, 2.45) is 0 Å². The van der Waals surface area contributed by atoms with Crippen LogP contribution < -0.4 is 0 Å². The first-order chi connectivity index (χ1) is 11.7. The Balaban J connectivity index is 3.39. The van der Waals surface area contributed by atoms with E-state index in [9.17, 15) is 4.79 Å². The lowest BCUT2D eigenvalue weighted by Gasteiger charge is -2.12. The largest absolute Gasteiger partial charge is 0.481 e. The maximum atomic E-state index is 10.4. The molecule has 0 aromatic rings. The van der Waals surface area contributed by atoms with Gasteiger partial charge in [0.15, 0.2) is 0 Å². The molecular weight excluding hydrogens is 300 g/mol. The Morgan fingerprint density at radius 3 is 1.96 bits per heavy atom. The lowest BCUT2D eigenvalue weighted by Crippen LogP contribution is -2.08. The van der Waals surface area contributed by atoms with Crippen molar-refractivity contribution in [1.82, 2.24) is 0 Å². The van der Waals surface area contributed by atoms with Gasteiger partial charge in [-0.25, -0.2) is 0 Å². The summed E-state index contributed by atoms with van der Waals surface area (Å²) in [6.45, 7) is 2.27. The standard InChI is InChI=1S/C21H40O3/c1-3-4-5-6-7-8-9-10-11-12-14-17-20(24-2)18-15-13-16-19-21(22)23/h13,15,20H,3-12,14,16-19H2,1-2H3,(H,22,23)/b15-13+/t20-/m0/s1. The number of allylic oxidation sites excluding steroid dienone is 1. The Morgan fingerprint density at radius 1 is 0.917 bits per heavy atom. The van der Waals surface area contributed by atoms with Gasteiger partial charge in [-0.1, -0.05) is 89.7 Å². The molecule has 3 nitrogen and oxygen atoms in total. The van der Waals surface area contributed by atoms with Gasteiger partial charge in [0.2, 0.25) is 0 Å². The first-order valence-corrected chi connectivity index (χ1v) is 10.1. The molecule has 0 saturated carbocycles. The highest BCUT2D eigenvalue weighted by Crippen LogP contribution is 2.14. The van der Waals surface area contributed by atoms with Crippen molar-refractivity contribution in [3.05, 3.63) is 12.2 Å². The molecule has 0 aliphatic rings. The number of rotatable bonds is 18. The molecule has 0 aromatic carbocycles. The molecule has 1 atom stereocenters. The zero-order valence-corrected chi connectivity index (χ0v) is 16.1. The Labute approximate surface area is 149 Å². The van der Waals surface area contributed by atoms with Gasteiger partial charge in [0.05, 0.1) is 6.10 Å². The molecule has 0 fully saturated rings. The summed E-state index contributed by atoms with van der Waals surface area (Å²) in [7, 11) is 1.77. The number of hydrogen-bond donors (Lipinski definition) is 1. The molecule has 0 unspecified atom stereocenters. The van der Waals surface area contributed by atoms with Crippen LogP contribution in [-0.4, -0.2) is 24.3 Å². The fourth-order valence-electron chi connectivity index (χ4n) is 2.94. The minimum atomic E-state index is -0.732. The van der Waals surface area contributed by atoms with E-state index in [0.29, 0.717) is 6.42 Å². The van der Waals surface area contributed by atoms with Gasteiger partial charge in [0.25, 0.3) is 0 Å². The van der Waals surface area contributed by atoms with E-state index in [0.717, 1.165) is 12.8 Å². The van der Waals surface area contributed by atoms with Crippen molar-refractivity contribution in [1.29, 1.82) is 0 Å². The highest BCUT2D eigenvalue weighted by atomic mass is 16.5. The second-order valence-corrected chi connectivity index (χ2v) is 6.82. The number of hydrogen-bond acceptors (Lipinski definition) is 2. The number of aliphatic carboxylic acids is 1. The van der Waals surface area contributed by atoms with Crippen molar-refractivity contribution in [3.8, 4) is 0 Å². The number of unbranched alkanes of at least 4 members (excludes halogenated alkanes) is 10. The lowest BCUT2D eigenvalue weighted by atomic mass is 10.0. The van der Waals surface area contributed by atoms with E-state index in [4.69, 9.17) is 9.84 Å². The predicted octanol–water partition coefficient (Wildman–Crippen LogP) is 6.51. The van der Waals surface area contributed by atoms with Crippen LogP contribution in [0.5, 0.6) is 0 Å². The van der Waals surface area contributed by atoms with Crippen molar-refractivity contribution < 1.29 is 14.6 Å². The zero-order valence-electron chi connectivity index (χ0n) is 16.1. The van der Waals surface area contributed by atoms with E-state index in [1.807, 2.05) is 6.08 Å². The summed E-state index contributed by atoms with van der Waals surface area (Å²) in [5, 5.41) is 8.58. The molecule has 0 radical (unpaired) electrons. The van der Waals surface area contributed by atoms with Crippen LogP contribution in [0.15, 0.2) is 12.2 Å². The molecule has 0 heterocycles. The molecule has 0 amide bonds. The van der Waals surface area contributed by atoms with E-state index >= 15 is 0 Å². The molecule has 1 N–H and O–H groups in total. The van der Waals surface area contributed by atoms with Crippen molar-refractivity contribution in [2.45, 2.75) is 109 Å². The molecule has 24 heavy (non-hydrogen) atoms. The van der Waals surface area contributed by atoms with Crippen LogP contribution >= 0.6 is 0 Å². The fraction of sp³-hybridized carbons (Fsp3) is 0.857. The van der Waals surface area contributed by atoms with Crippen molar-refractivity contribution in [3.63, 3.8) is 0 Å². The number of carboxylic acids is 1. The summed E-state index contributed by atoms with van der Waals surface area (Å²) in [4.78, 5) is 10.4. The highest BCUT2D eigenvalue weighted by Gasteiger charge is 2.04. The molecule has 0 saturated heterocycles. The summed E-state index contributed by atoms with van der Waals surface area (Å²) >= 11 is 0. The van der Waals surface area contributed by atoms with Gasteiger partial charge in [-0.05, 0) is 19.3 Å². The summed E-state index contributed by atoms with van der Waals surface area (Å²) in [5.74, 6) is -0.732. The molecule has 0 bridgehead atoms. The third-order valence-corrected chi connectivity index (χ3v) is 4.55. The van der Waals surface area contributed by atoms with Crippen LogP contribution in [0.3, 0.4) is 0 Å². The summed E-state index contributed by atoms with van der Waals surface area (Å²) < 4.78 is 5.50. The van der Waals surface area contributed by atoms with Crippen molar-refractivity contribution in [2.75, 3.05) is 7.11 Å². The van der Waals surface area contributed by atoms with Gasteiger partial charge < -0.3 is 9.84 Å². The quantitative estimate of drug-likeness (QED) is 0.228. The molecule has 142 valence electrons. The Kier molecular flexibility index (Phi) is 17.9. The molecule has 0 aliphatic carbocycles. The minimum Gasteiger partial charge on any atom is -0.481 e. The first-order valence-electron chi connectivity index (χ1n) is 10.1. The topological polar surface area (TPSA) is 46.5 Å². The van der Waals surface area contributed by atoms with Crippen molar-refractivity contribution >= 4 is 5.97 Å². The Bertz CT molecular complexity index is 299. The van der Waals surface area contributed by atoms with Crippen LogP contribution in [0.25, 0.3) is 0 Å². The number of carbonyl (C=O) groups is 1. The molecular formula is C21H40O3. The Hall–Kier alpha value is -0.830. The molecule has 0 aromatic heterocycles. The third-order valence-electron chi connectivity index (χ3n) is 4.55. The molecule has 3 heteroatoms. The fourth-order valence-corrected chi connectivity index (χ4v) is 2.94. The normalized spacial score (nSPS) is 12.8. The van der Waals surface area contributed by atoms with Crippen LogP contribution in [-0.2, 0) is 9.53 Å². The van der Waals surface area contributed by atoms with E-state index < -0.39 is 5.97 Å². The highest BCUT2D eigenvalue weighted by molar-refractivity contribution is 5.66. The SMILES string of the molecule is CCCCCCCCCCCCC[C@@H](C/C=C/CCC(=O)O)OC. The number of methoxy groups -OCH3 is 1. The van der Waals surface area contributed by atoms with E-state index in [1.54, 1.807) is 7.11 Å². The van der Waals surface area contributed by atoms with E-state index in [-0.39, 0.29) is 12.5 Å². The smallest absolute Gasteiger partial charge is 0.303 e. The average Bonchev–Trinajstić information content (AvgIpc) is 2.57. The number of carboxylic acid groups (broad SMARTS) is 1. The van der Waals surface area contributed by atoms with Gasteiger partial charge in [0.1, 0.15) is 0 Å². The monoisotopic (exact) mass is 340 g/mol. The van der Waals surface area contributed by atoms with Gasteiger partial charge in [-0.3, -0.25) is 4.79 Å². The summed E-state index contributed by atoms with van der Waals surface area (Å²) in [5.41, 5.74) is 0. The predicted molar refractivity (Wildman–Crippen MR) is 103 cm³/mol. The first kappa shape index (κ1) is 23.2. The summed E-state index contributed by atoms with van der Waals surface area (Å²) in [6, 6.07) is 0. The second-order valence-electron chi connectivity index (χ2n) is 6.82. The van der Waals surface area contributed by atoms with Gasteiger partial charge >= 0.3 is 5.97 Å². The van der Waals surface area contributed by atoms with E-state index in [2.05, 4.69) is 13.0 Å².